The van der Waals surface area contributed by atoms with Crippen LogP contribution in [0.15, 0.2) is 18.2 Å². The summed E-state index contributed by atoms with van der Waals surface area (Å²) in [6.07, 6.45) is 2.59. The van der Waals surface area contributed by atoms with Gasteiger partial charge in [-0.05, 0) is 32.3 Å². The van der Waals surface area contributed by atoms with Crippen molar-refractivity contribution in [1.29, 1.82) is 0 Å². The number of methoxy groups -OCH3 is 1. The minimum absolute atomic E-state index is 0.321. The van der Waals surface area contributed by atoms with Gasteiger partial charge in [0.1, 0.15) is 0 Å². The van der Waals surface area contributed by atoms with Crippen LogP contribution in [0.1, 0.15) is 35.6 Å². The highest BCUT2D eigenvalue weighted by molar-refractivity contribution is 5.31. The molecule has 106 valence electrons. The summed E-state index contributed by atoms with van der Waals surface area (Å²) in [5, 5.41) is 0. The van der Waals surface area contributed by atoms with Crippen molar-refractivity contribution >= 4 is 0 Å². The molecule has 0 bridgehead atoms. The van der Waals surface area contributed by atoms with Gasteiger partial charge in [-0.25, -0.2) is 0 Å². The molecule has 1 aromatic carbocycles. The Balaban J connectivity index is 2.20. The van der Waals surface area contributed by atoms with Crippen LogP contribution in [0, 0.1) is 13.8 Å². The van der Waals surface area contributed by atoms with Crippen molar-refractivity contribution in [2.24, 2.45) is 5.73 Å². The van der Waals surface area contributed by atoms with Gasteiger partial charge in [-0.15, -0.1) is 0 Å². The van der Waals surface area contributed by atoms with Crippen LogP contribution in [0.2, 0.25) is 0 Å². The van der Waals surface area contributed by atoms with Gasteiger partial charge in [-0.1, -0.05) is 29.3 Å². The molecule has 0 aliphatic heterocycles. The van der Waals surface area contributed by atoms with E-state index in [0.29, 0.717) is 18.6 Å². The van der Waals surface area contributed by atoms with Gasteiger partial charge < -0.3 is 10.5 Å². The zero-order valence-corrected chi connectivity index (χ0v) is 12.4. The lowest BCUT2D eigenvalue weighted by Gasteiger charge is -2.31. The Kier molecular flexibility index (Phi) is 4.97. The molecule has 0 amide bonds. The molecule has 2 rings (SSSR count). The van der Waals surface area contributed by atoms with E-state index >= 15 is 0 Å². The summed E-state index contributed by atoms with van der Waals surface area (Å²) < 4.78 is 5.25. The smallest absolute Gasteiger partial charge is 0.0590 e. The maximum Gasteiger partial charge on any atom is 0.0590 e. The first kappa shape index (κ1) is 14.5. The lowest BCUT2D eigenvalue weighted by molar-refractivity contribution is 0.115. The first-order valence-corrected chi connectivity index (χ1v) is 7.18. The molecule has 1 saturated carbocycles. The van der Waals surface area contributed by atoms with Gasteiger partial charge in [0.2, 0.25) is 0 Å². The van der Waals surface area contributed by atoms with Gasteiger partial charge in [0.05, 0.1) is 6.61 Å². The maximum absolute atomic E-state index is 6.06. The summed E-state index contributed by atoms with van der Waals surface area (Å²) in [6, 6.07) is 7.78. The number of hydrogen-bond donors (Lipinski definition) is 1. The molecule has 1 aromatic rings. The van der Waals surface area contributed by atoms with E-state index in [1.54, 1.807) is 7.11 Å². The zero-order chi connectivity index (χ0) is 13.8. The number of nitrogens with two attached hydrogens (primary N) is 1. The van der Waals surface area contributed by atoms with E-state index in [2.05, 4.69) is 36.9 Å². The molecule has 0 radical (unpaired) electrons. The van der Waals surface area contributed by atoms with E-state index in [0.717, 1.165) is 13.2 Å². The van der Waals surface area contributed by atoms with E-state index in [4.69, 9.17) is 10.5 Å². The topological polar surface area (TPSA) is 38.5 Å². The fraction of sp³-hybridized carbons (Fsp3) is 0.625. The van der Waals surface area contributed by atoms with Gasteiger partial charge in [-0.2, -0.15) is 0 Å². The summed E-state index contributed by atoms with van der Waals surface area (Å²) in [7, 11) is 1.76. The van der Waals surface area contributed by atoms with E-state index in [1.165, 1.54) is 29.5 Å². The SMILES string of the molecule is COCCN(C1CC1)C(CN)c1cc(C)cc(C)c1. The summed E-state index contributed by atoms with van der Waals surface area (Å²) >= 11 is 0. The zero-order valence-electron chi connectivity index (χ0n) is 12.4. The van der Waals surface area contributed by atoms with Gasteiger partial charge in [0.15, 0.2) is 0 Å². The van der Waals surface area contributed by atoms with Gasteiger partial charge in [0, 0.05) is 32.3 Å². The largest absolute Gasteiger partial charge is 0.383 e. The molecular formula is C16H26N2O. The van der Waals surface area contributed by atoms with Crippen LogP contribution < -0.4 is 5.73 Å². The number of hydrogen-bond acceptors (Lipinski definition) is 3. The Labute approximate surface area is 116 Å². The van der Waals surface area contributed by atoms with Gasteiger partial charge in [-0.3, -0.25) is 4.90 Å². The molecule has 1 aliphatic carbocycles. The molecule has 1 aliphatic rings. The van der Waals surface area contributed by atoms with Crippen LogP contribution >= 0.6 is 0 Å². The van der Waals surface area contributed by atoms with Crippen molar-refractivity contribution < 1.29 is 4.74 Å². The molecule has 0 heterocycles. The number of nitrogens with zero attached hydrogens (tertiary/aromatic N) is 1. The molecule has 0 aromatic heterocycles. The van der Waals surface area contributed by atoms with E-state index in [9.17, 15) is 0 Å². The molecule has 2 N–H and O–H groups in total. The van der Waals surface area contributed by atoms with Crippen molar-refractivity contribution in [3.05, 3.63) is 34.9 Å². The Bertz CT molecular complexity index is 395. The molecule has 0 spiro atoms. The lowest BCUT2D eigenvalue weighted by Crippen LogP contribution is -2.37. The second-order valence-corrected chi connectivity index (χ2v) is 5.63. The number of rotatable bonds is 7. The number of aryl methyl sites for hydroxylation is 2. The minimum atomic E-state index is 0.321. The van der Waals surface area contributed by atoms with Crippen LogP contribution in [0.3, 0.4) is 0 Å². The third-order valence-corrected chi connectivity index (χ3v) is 3.82. The van der Waals surface area contributed by atoms with Crippen LogP contribution in [0.5, 0.6) is 0 Å². The lowest BCUT2D eigenvalue weighted by atomic mass is 10.00. The fourth-order valence-corrected chi connectivity index (χ4v) is 2.86. The Hall–Kier alpha value is -0.900. The van der Waals surface area contributed by atoms with Crippen molar-refractivity contribution in [3.63, 3.8) is 0 Å². The molecule has 1 fully saturated rings. The first-order valence-electron chi connectivity index (χ1n) is 7.18. The third kappa shape index (κ3) is 3.78. The van der Waals surface area contributed by atoms with Gasteiger partial charge in [0.25, 0.3) is 0 Å². The average molecular weight is 262 g/mol. The summed E-state index contributed by atoms with van der Waals surface area (Å²) in [6.45, 7) is 6.72. The Morgan fingerprint density at radius 3 is 2.37 bits per heavy atom. The van der Waals surface area contributed by atoms with Crippen molar-refractivity contribution in [3.8, 4) is 0 Å². The number of benzene rings is 1. The molecule has 3 heteroatoms. The van der Waals surface area contributed by atoms with Crippen molar-refractivity contribution in [2.75, 3.05) is 26.8 Å². The monoisotopic (exact) mass is 262 g/mol. The molecular weight excluding hydrogens is 236 g/mol. The van der Waals surface area contributed by atoms with Crippen LogP contribution in [-0.4, -0.2) is 37.7 Å². The molecule has 1 unspecified atom stereocenters. The summed E-state index contributed by atoms with van der Waals surface area (Å²) in [5.41, 5.74) is 10.0. The van der Waals surface area contributed by atoms with Crippen molar-refractivity contribution in [2.45, 2.75) is 38.8 Å². The predicted molar refractivity (Wildman–Crippen MR) is 79.3 cm³/mol. The maximum atomic E-state index is 6.06. The second-order valence-electron chi connectivity index (χ2n) is 5.63. The van der Waals surface area contributed by atoms with E-state index in [-0.39, 0.29) is 0 Å². The standard InChI is InChI=1S/C16H26N2O/c1-12-8-13(2)10-14(9-12)16(11-17)18(6-7-19-3)15-4-5-15/h8-10,15-16H,4-7,11,17H2,1-3H3. The highest BCUT2D eigenvalue weighted by Gasteiger charge is 2.33. The normalized spacial score (nSPS) is 16.9. The molecule has 0 saturated heterocycles. The number of ether oxygens (including phenoxy) is 1. The third-order valence-electron chi connectivity index (χ3n) is 3.82. The summed E-state index contributed by atoms with van der Waals surface area (Å²) in [5.74, 6) is 0. The predicted octanol–water partition coefficient (Wildman–Crippen LogP) is 2.41. The van der Waals surface area contributed by atoms with Gasteiger partial charge >= 0.3 is 0 Å². The van der Waals surface area contributed by atoms with E-state index < -0.39 is 0 Å². The highest BCUT2D eigenvalue weighted by atomic mass is 16.5. The van der Waals surface area contributed by atoms with Crippen molar-refractivity contribution in [1.82, 2.24) is 4.90 Å². The molecule has 1 atom stereocenters. The highest BCUT2D eigenvalue weighted by Crippen LogP contribution is 2.34. The second kappa shape index (κ2) is 6.51. The Morgan fingerprint density at radius 2 is 1.89 bits per heavy atom. The summed E-state index contributed by atoms with van der Waals surface area (Å²) in [4.78, 5) is 2.53. The first-order chi connectivity index (χ1) is 9.15. The average Bonchev–Trinajstić information content (AvgIpc) is 3.17. The quantitative estimate of drug-likeness (QED) is 0.820. The minimum Gasteiger partial charge on any atom is -0.383 e. The molecule has 3 nitrogen and oxygen atoms in total. The van der Waals surface area contributed by atoms with E-state index in [1.807, 2.05) is 0 Å². The molecule has 19 heavy (non-hydrogen) atoms. The Morgan fingerprint density at radius 1 is 1.26 bits per heavy atom. The van der Waals surface area contributed by atoms with Crippen LogP contribution in [0.25, 0.3) is 0 Å². The fourth-order valence-electron chi connectivity index (χ4n) is 2.86. The van der Waals surface area contributed by atoms with Crippen LogP contribution in [0.4, 0.5) is 0 Å². The van der Waals surface area contributed by atoms with Crippen LogP contribution in [-0.2, 0) is 4.74 Å².